The van der Waals surface area contributed by atoms with E-state index in [1.54, 1.807) is 0 Å². The molecule has 0 bridgehead atoms. The van der Waals surface area contributed by atoms with Crippen LogP contribution in [0.1, 0.15) is 45.1 Å². The minimum Gasteiger partial charge on any atom is -0.324 e. The smallest absolute Gasteiger partial charge is 0.324 e. The highest BCUT2D eigenvalue weighted by molar-refractivity contribution is 6.10. The van der Waals surface area contributed by atoms with Crippen molar-refractivity contribution in [2.75, 3.05) is 11.9 Å². The molecule has 3 rings (SSSR count). The van der Waals surface area contributed by atoms with E-state index in [9.17, 15) is 14.4 Å². The van der Waals surface area contributed by atoms with Crippen LogP contribution in [0.25, 0.3) is 0 Å². The van der Waals surface area contributed by atoms with Gasteiger partial charge >= 0.3 is 6.03 Å². The van der Waals surface area contributed by atoms with Gasteiger partial charge in [0.25, 0.3) is 5.91 Å². The molecule has 0 unspecified atom stereocenters. The molecule has 6 nitrogen and oxygen atoms in total. The SMILES string of the molecule is CCc1ccccc1NC(=O)CN1C(=O)N[C@@]2(CCCC[C@@H]2C)C1=O. The number of benzene rings is 1. The van der Waals surface area contributed by atoms with Crippen molar-refractivity contribution < 1.29 is 14.4 Å². The van der Waals surface area contributed by atoms with Crippen molar-refractivity contribution in [2.45, 2.75) is 51.5 Å². The van der Waals surface area contributed by atoms with Crippen molar-refractivity contribution in [1.29, 1.82) is 0 Å². The van der Waals surface area contributed by atoms with Gasteiger partial charge in [0.05, 0.1) is 0 Å². The molecule has 2 atom stereocenters. The van der Waals surface area contributed by atoms with E-state index < -0.39 is 11.6 Å². The lowest BCUT2D eigenvalue weighted by Crippen LogP contribution is -2.54. The number of hydrogen-bond acceptors (Lipinski definition) is 3. The Balaban J connectivity index is 1.71. The van der Waals surface area contributed by atoms with E-state index in [-0.39, 0.29) is 24.3 Å². The molecule has 4 amide bonds. The molecule has 2 N–H and O–H groups in total. The summed E-state index contributed by atoms with van der Waals surface area (Å²) in [5.41, 5.74) is 0.921. The average Bonchev–Trinajstić information content (AvgIpc) is 2.83. The summed E-state index contributed by atoms with van der Waals surface area (Å²) in [5.74, 6) is -0.528. The van der Waals surface area contributed by atoms with Crippen molar-refractivity contribution in [1.82, 2.24) is 10.2 Å². The third-order valence-corrected chi connectivity index (χ3v) is 5.48. The molecule has 1 spiro atoms. The van der Waals surface area contributed by atoms with Gasteiger partial charge in [-0.3, -0.25) is 14.5 Å². The van der Waals surface area contributed by atoms with E-state index in [1.807, 2.05) is 38.1 Å². The van der Waals surface area contributed by atoms with E-state index in [1.165, 1.54) is 0 Å². The van der Waals surface area contributed by atoms with Gasteiger partial charge in [-0.25, -0.2) is 4.79 Å². The summed E-state index contributed by atoms with van der Waals surface area (Å²) in [4.78, 5) is 38.7. The van der Waals surface area contributed by atoms with Gasteiger partial charge in [-0.2, -0.15) is 0 Å². The molecule has 2 fully saturated rings. The summed E-state index contributed by atoms with van der Waals surface area (Å²) < 4.78 is 0. The zero-order chi connectivity index (χ0) is 18.0. The number of amides is 4. The molecule has 1 aromatic carbocycles. The van der Waals surface area contributed by atoms with Gasteiger partial charge in [0.2, 0.25) is 5.91 Å². The number of carbonyl (C=O) groups is 3. The van der Waals surface area contributed by atoms with E-state index >= 15 is 0 Å². The first-order valence-corrected chi connectivity index (χ1v) is 9.00. The summed E-state index contributed by atoms with van der Waals surface area (Å²) in [6.45, 7) is 3.76. The quantitative estimate of drug-likeness (QED) is 0.825. The molecule has 2 aliphatic rings. The van der Waals surface area contributed by atoms with E-state index in [2.05, 4.69) is 10.6 Å². The van der Waals surface area contributed by atoms with Crippen LogP contribution in [0.15, 0.2) is 24.3 Å². The Morgan fingerprint density at radius 3 is 2.80 bits per heavy atom. The van der Waals surface area contributed by atoms with Crippen molar-refractivity contribution in [3.05, 3.63) is 29.8 Å². The molecule has 1 aromatic rings. The molecule has 134 valence electrons. The maximum Gasteiger partial charge on any atom is 0.325 e. The van der Waals surface area contributed by atoms with Gasteiger partial charge in [-0.1, -0.05) is 44.9 Å². The van der Waals surface area contributed by atoms with Crippen molar-refractivity contribution >= 4 is 23.5 Å². The highest BCUT2D eigenvalue weighted by Gasteiger charge is 2.55. The monoisotopic (exact) mass is 343 g/mol. The van der Waals surface area contributed by atoms with E-state index in [0.29, 0.717) is 6.42 Å². The Hall–Kier alpha value is -2.37. The lowest BCUT2D eigenvalue weighted by atomic mass is 9.73. The van der Waals surface area contributed by atoms with Crippen LogP contribution in [0, 0.1) is 5.92 Å². The van der Waals surface area contributed by atoms with Gasteiger partial charge in [0.1, 0.15) is 12.1 Å². The Morgan fingerprint density at radius 2 is 2.08 bits per heavy atom. The number of anilines is 1. The summed E-state index contributed by atoms with van der Waals surface area (Å²) in [6, 6.07) is 7.08. The van der Waals surface area contributed by atoms with E-state index in [4.69, 9.17) is 0 Å². The molecule has 1 saturated heterocycles. The number of para-hydroxylation sites is 1. The topological polar surface area (TPSA) is 78.5 Å². The third kappa shape index (κ3) is 3.13. The molecule has 6 heteroatoms. The van der Waals surface area contributed by atoms with Crippen LogP contribution in [0.4, 0.5) is 10.5 Å². The van der Waals surface area contributed by atoms with E-state index in [0.717, 1.165) is 41.8 Å². The summed E-state index contributed by atoms with van der Waals surface area (Å²) in [7, 11) is 0. The maximum atomic E-state index is 12.9. The Morgan fingerprint density at radius 1 is 1.32 bits per heavy atom. The first-order valence-electron chi connectivity index (χ1n) is 9.00. The largest absolute Gasteiger partial charge is 0.325 e. The van der Waals surface area contributed by atoms with Crippen LogP contribution < -0.4 is 10.6 Å². The number of imide groups is 1. The van der Waals surface area contributed by atoms with Crippen molar-refractivity contribution in [2.24, 2.45) is 5.92 Å². The second-order valence-corrected chi connectivity index (χ2v) is 7.00. The fourth-order valence-electron chi connectivity index (χ4n) is 3.92. The minimum absolute atomic E-state index is 0.0894. The number of rotatable bonds is 4. The first kappa shape index (κ1) is 17.5. The van der Waals surface area contributed by atoms with Gasteiger partial charge in [0.15, 0.2) is 0 Å². The predicted molar refractivity (Wildman–Crippen MR) is 95.1 cm³/mol. The molecule has 25 heavy (non-hydrogen) atoms. The number of hydrogen-bond donors (Lipinski definition) is 2. The summed E-state index contributed by atoms with van der Waals surface area (Å²) >= 11 is 0. The Bertz CT molecular complexity index is 703. The number of urea groups is 1. The Labute approximate surface area is 148 Å². The number of carbonyl (C=O) groups excluding carboxylic acids is 3. The summed E-state index contributed by atoms with van der Waals surface area (Å²) in [5, 5.41) is 5.69. The van der Waals surface area contributed by atoms with Crippen LogP contribution in [0.2, 0.25) is 0 Å². The number of nitrogens with zero attached hydrogens (tertiary/aromatic N) is 1. The van der Waals surface area contributed by atoms with Crippen LogP contribution in [0.5, 0.6) is 0 Å². The molecular formula is C19H25N3O3. The lowest BCUT2D eigenvalue weighted by molar-refractivity contribution is -0.136. The van der Waals surface area contributed by atoms with Crippen molar-refractivity contribution in [3.63, 3.8) is 0 Å². The van der Waals surface area contributed by atoms with Crippen LogP contribution in [0.3, 0.4) is 0 Å². The highest BCUT2D eigenvalue weighted by Crippen LogP contribution is 2.38. The van der Waals surface area contributed by atoms with Crippen molar-refractivity contribution in [3.8, 4) is 0 Å². The Kier molecular flexibility index (Phi) is 4.79. The van der Waals surface area contributed by atoms with Crippen LogP contribution >= 0.6 is 0 Å². The second kappa shape index (κ2) is 6.86. The molecule has 1 aliphatic heterocycles. The number of nitrogens with one attached hydrogen (secondary N) is 2. The highest BCUT2D eigenvalue weighted by atomic mass is 16.2. The lowest BCUT2D eigenvalue weighted by Gasteiger charge is -2.36. The van der Waals surface area contributed by atoms with Crippen LogP contribution in [-0.2, 0) is 16.0 Å². The number of aryl methyl sites for hydroxylation is 1. The molecule has 0 radical (unpaired) electrons. The fourth-order valence-corrected chi connectivity index (χ4v) is 3.92. The van der Waals surface area contributed by atoms with Gasteiger partial charge in [-0.15, -0.1) is 0 Å². The minimum atomic E-state index is -0.822. The standard InChI is InChI=1S/C19H25N3O3/c1-3-14-9-4-5-10-15(14)20-16(23)12-22-17(24)19(21-18(22)25)11-7-6-8-13(19)2/h4-5,9-10,13H,3,6-8,11-12H2,1-2H3,(H,20,23)(H,21,25)/t13-,19+/m0/s1. The first-order chi connectivity index (χ1) is 12.0. The predicted octanol–water partition coefficient (Wildman–Crippen LogP) is 2.69. The fraction of sp³-hybridized carbons (Fsp3) is 0.526. The zero-order valence-corrected chi connectivity index (χ0v) is 14.8. The van der Waals surface area contributed by atoms with Gasteiger partial charge in [-0.05, 0) is 36.8 Å². The molecular weight excluding hydrogens is 318 g/mol. The molecule has 1 saturated carbocycles. The normalized spacial score (nSPS) is 26.0. The van der Waals surface area contributed by atoms with Gasteiger partial charge < -0.3 is 10.6 Å². The summed E-state index contributed by atoms with van der Waals surface area (Å²) in [6.07, 6.45) is 4.34. The average molecular weight is 343 g/mol. The van der Waals surface area contributed by atoms with Crippen LogP contribution in [-0.4, -0.2) is 34.8 Å². The second-order valence-electron chi connectivity index (χ2n) is 7.00. The maximum absolute atomic E-state index is 12.9. The zero-order valence-electron chi connectivity index (χ0n) is 14.8. The molecule has 1 aliphatic carbocycles. The molecule has 1 heterocycles. The third-order valence-electron chi connectivity index (χ3n) is 5.48. The van der Waals surface area contributed by atoms with Gasteiger partial charge in [0, 0.05) is 5.69 Å². The molecule has 0 aromatic heterocycles.